The van der Waals surface area contributed by atoms with Crippen LogP contribution in [-0.4, -0.2) is 34.9 Å². The largest absolute Gasteiger partial charge is 0.507 e. The number of hydrogen-bond acceptors (Lipinski definition) is 2. The van der Waals surface area contributed by atoms with Gasteiger partial charge in [-0.3, -0.25) is 4.79 Å². The fraction of sp³-hybridized carbons (Fsp3) is 0.500. The number of hydrogen-bond donors (Lipinski definition) is 1. The second-order valence-corrected chi connectivity index (χ2v) is 5.76. The molecule has 4 heteroatoms. The molecule has 0 aliphatic heterocycles. The van der Waals surface area contributed by atoms with Crippen LogP contribution >= 0.6 is 11.6 Å². The first-order chi connectivity index (χ1) is 8.47. The summed E-state index contributed by atoms with van der Waals surface area (Å²) >= 11 is 5.93. The number of benzene rings is 1. The van der Waals surface area contributed by atoms with Gasteiger partial charge in [0.05, 0.1) is 5.56 Å². The molecular formula is C14H18ClNO2. The average molecular weight is 268 g/mol. The van der Waals surface area contributed by atoms with Crippen LogP contribution in [0.4, 0.5) is 0 Å². The Labute approximate surface area is 112 Å². The van der Waals surface area contributed by atoms with E-state index >= 15 is 0 Å². The number of alkyl halides is 1. The highest BCUT2D eigenvalue weighted by Gasteiger charge is 2.29. The zero-order valence-corrected chi connectivity index (χ0v) is 11.4. The Morgan fingerprint density at radius 3 is 2.78 bits per heavy atom. The van der Waals surface area contributed by atoms with E-state index in [1.807, 2.05) is 6.92 Å². The number of phenols is 1. The third-order valence-corrected chi connectivity index (χ3v) is 3.80. The number of aryl methyl sites for hydroxylation is 1. The first kappa shape index (κ1) is 13.2. The summed E-state index contributed by atoms with van der Waals surface area (Å²) in [5, 5.41) is 10.0. The lowest BCUT2D eigenvalue weighted by Gasteiger charge is -2.34. The minimum absolute atomic E-state index is 0.0429. The summed E-state index contributed by atoms with van der Waals surface area (Å²) in [7, 11) is 1.77. The zero-order valence-electron chi connectivity index (χ0n) is 10.7. The van der Waals surface area contributed by atoms with Gasteiger partial charge in [0.15, 0.2) is 0 Å². The molecule has 1 fully saturated rings. The maximum Gasteiger partial charge on any atom is 0.257 e. The van der Waals surface area contributed by atoms with E-state index < -0.39 is 0 Å². The van der Waals surface area contributed by atoms with Gasteiger partial charge in [0.25, 0.3) is 5.91 Å². The van der Waals surface area contributed by atoms with E-state index in [0.717, 1.165) is 18.4 Å². The molecule has 0 heterocycles. The van der Waals surface area contributed by atoms with Crippen LogP contribution in [0.25, 0.3) is 0 Å². The van der Waals surface area contributed by atoms with Crippen molar-refractivity contribution < 1.29 is 9.90 Å². The molecule has 1 aromatic rings. The van der Waals surface area contributed by atoms with Gasteiger partial charge in [-0.05, 0) is 37.8 Å². The van der Waals surface area contributed by atoms with E-state index in [1.165, 1.54) is 0 Å². The molecule has 0 aromatic heterocycles. The number of carbonyl (C=O) groups is 1. The van der Waals surface area contributed by atoms with Crippen molar-refractivity contribution in [2.75, 3.05) is 13.6 Å². The van der Waals surface area contributed by atoms with Crippen LogP contribution < -0.4 is 0 Å². The third-order valence-electron chi connectivity index (χ3n) is 3.44. The van der Waals surface area contributed by atoms with E-state index in [9.17, 15) is 9.90 Å². The Bertz CT molecular complexity index is 455. The van der Waals surface area contributed by atoms with Crippen molar-refractivity contribution in [1.29, 1.82) is 0 Å². The quantitative estimate of drug-likeness (QED) is 0.856. The summed E-state index contributed by atoms with van der Waals surface area (Å²) in [5.41, 5.74) is 1.34. The molecule has 0 unspecified atom stereocenters. The number of rotatable bonds is 3. The van der Waals surface area contributed by atoms with Crippen molar-refractivity contribution >= 4 is 17.5 Å². The highest BCUT2D eigenvalue weighted by atomic mass is 35.5. The number of aromatic hydroxyl groups is 1. The third kappa shape index (κ3) is 2.78. The van der Waals surface area contributed by atoms with Gasteiger partial charge in [-0.25, -0.2) is 0 Å². The molecule has 3 nitrogen and oxygen atoms in total. The number of halogens is 1. The molecular weight excluding hydrogens is 250 g/mol. The number of phenolic OH excluding ortho intramolecular Hbond substituents is 1. The monoisotopic (exact) mass is 267 g/mol. The van der Waals surface area contributed by atoms with Crippen molar-refractivity contribution in [2.24, 2.45) is 5.92 Å². The summed E-state index contributed by atoms with van der Waals surface area (Å²) < 4.78 is 0. The maximum atomic E-state index is 12.2. The second-order valence-electron chi connectivity index (χ2n) is 5.14. The lowest BCUT2D eigenvalue weighted by molar-refractivity contribution is 0.0744. The molecule has 1 N–H and O–H groups in total. The summed E-state index contributed by atoms with van der Waals surface area (Å²) in [6.45, 7) is 2.61. The molecule has 0 saturated heterocycles. The topological polar surface area (TPSA) is 40.5 Å². The van der Waals surface area contributed by atoms with Crippen LogP contribution in [0, 0.1) is 12.8 Å². The molecule has 98 valence electrons. The SMILES string of the molecule is Cc1ccc(O)c(C(=O)N(C)CC2CC(Cl)C2)c1. The van der Waals surface area contributed by atoms with Crippen molar-refractivity contribution in [3.8, 4) is 5.75 Å². The average Bonchev–Trinajstić information content (AvgIpc) is 2.29. The molecule has 1 amide bonds. The molecule has 1 saturated carbocycles. The highest BCUT2D eigenvalue weighted by Crippen LogP contribution is 2.32. The Morgan fingerprint density at radius 2 is 2.17 bits per heavy atom. The molecule has 0 spiro atoms. The Morgan fingerprint density at radius 1 is 1.50 bits per heavy atom. The highest BCUT2D eigenvalue weighted by molar-refractivity contribution is 6.21. The minimum atomic E-state index is -0.130. The summed E-state index contributed by atoms with van der Waals surface area (Å²) in [5.74, 6) is 0.406. The Kier molecular flexibility index (Phi) is 3.81. The van der Waals surface area contributed by atoms with Gasteiger partial charge in [0.2, 0.25) is 0 Å². The molecule has 2 rings (SSSR count). The number of carbonyl (C=O) groups excluding carboxylic acids is 1. The second kappa shape index (κ2) is 5.19. The first-order valence-electron chi connectivity index (χ1n) is 6.16. The predicted molar refractivity (Wildman–Crippen MR) is 72.2 cm³/mol. The van der Waals surface area contributed by atoms with Crippen molar-refractivity contribution in [2.45, 2.75) is 25.1 Å². The summed E-state index contributed by atoms with van der Waals surface area (Å²) in [4.78, 5) is 13.9. The fourth-order valence-corrected chi connectivity index (χ4v) is 2.80. The van der Waals surface area contributed by atoms with Crippen LogP contribution in [0.15, 0.2) is 18.2 Å². The predicted octanol–water partition coefficient (Wildman–Crippen LogP) is 2.79. The fourth-order valence-electron chi connectivity index (χ4n) is 2.30. The molecule has 0 radical (unpaired) electrons. The van der Waals surface area contributed by atoms with E-state index in [4.69, 9.17) is 11.6 Å². The lowest BCUT2D eigenvalue weighted by Crippen LogP contribution is -2.37. The standard InChI is InChI=1S/C14H18ClNO2/c1-9-3-4-13(17)12(5-9)14(18)16(2)8-10-6-11(15)7-10/h3-5,10-11,17H,6-8H2,1-2H3. The number of amides is 1. The summed E-state index contributed by atoms with van der Waals surface area (Å²) in [6.07, 6.45) is 1.94. The van der Waals surface area contributed by atoms with Gasteiger partial charge in [0, 0.05) is 19.0 Å². The van der Waals surface area contributed by atoms with Gasteiger partial charge in [-0.1, -0.05) is 11.6 Å². The van der Waals surface area contributed by atoms with Gasteiger partial charge in [0.1, 0.15) is 5.75 Å². The van der Waals surface area contributed by atoms with Crippen LogP contribution in [-0.2, 0) is 0 Å². The zero-order chi connectivity index (χ0) is 13.3. The molecule has 1 aliphatic rings. The van der Waals surface area contributed by atoms with Gasteiger partial charge >= 0.3 is 0 Å². The Hall–Kier alpha value is -1.22. The summed E-state index contributed by atoms with van der Waals surface area (Å²) in [6, 6.07) is 5.07. The molecule has 18 heavy (non-hydrogen) atoms. The Balaban J connectivity index is 2.03. The van der Waals surface area contributed by atoms with Crippen molar-refractivity contribution in [3.05, 3.63) is 29.3 Å². The minimum Gasteiger partial charge on any atom is -0.507 e. The van der Waals surface area contributed by atoms with Crippen LogP contribution in [0.1, 0.15) is 28.8 Å². The normalized spacial score (nSPS) is 22.4. The van der Waals surface area contributed by atoms with E-state index in [1.54, 1.807) is 30.1 Å². The lowest BCUT2D eigenvalue weighted by atomic mass is 9.84. The van der Waals surface area contributed by atoms with E-state index in [2.05, 4.69) is 0 Å². The van der Waals surface area contributed by atoms with Crippen molar-refractivity contribution in [1.82, 2.24) is 4.90 Å². The molecule has 1 aliphatic carbocycles. The molecule has 1 aromatic carbocycles. The van der Waals surface area contributed by atoms with E-state index in [-0.39, 0.29) is 17.0 Å². The van der Waals surface area contributed by atoms with Gasteiger partial charge in [-0.15, -0.1) is 11.6 Å². The number of nitrogens with zero attached hydrogens (tertiary/aromatic N) is 1. The van der Waals surface area contributed by atoms with Gasteiger partial charge in [-0.2, -0.15) is 0 Å². The van der Waals surface area contributed by atoms with E-state index in [0.29, 0.717) is 18.0 Å². The van der Waals surface area contributed by atoms with Crippen LogP contribution in [0.2, 0.25) is 0 Å². The van der Waals surface area contributed by atoms with Crippen LogP contribution in [0.3, 0.4) is 0 Å². The maximum absolute atomic E-state index is 12.2. The first-order valence-corrected chi connectivity index (χ1v) is 6.60. The van der Waals surface area contributed by atoms with Gasteiger partial charge < -0.3 is 10.0 Å². The smallest absolute Gasteiger partial charge is 0.257 e. The molecule has 0 atom stereocenters. The van der Waals surface area contributed by atoms with Crippen molar-refractivity contribution in [3.63, 3.8) is 0 Å². The van der Waals surface area contributed by atoms with Crippen LogP contribution in [0.5, 0.6) is 5.75 Å². The molecule has 0 bridgehead atoms.